The summed E-state index contributed by atoms with van der Waals surface area (Å²) in [5.41, 5.74) is 5.18. The lowest BCUT2D eigenvalue weighted by Gasteiger charge is -2.11. The number of carbonyl (C=O) groups excluding carboxylic acids is 1. The van der Waals surface area contributed by atoms with Crippen molar-refractivity contribution >= 4 is 17.7 Å². The van der Waals surface area contributed by atoms with Crippen molar-refractivity contribution in [2.45, 2.75) is 57.0 Å². The second-order valence-electron chi connectivity index (χ2n) is 5.39. The number of hydrogen-bond acceptors (Lipinski definition) is 3. The first kappa shape index (κ1) is 15.4. The number of amides is 1. The number of thioether (sulfide) groups is 1. The van der Waals surface area contributed by atoms with Crippen molar-refractivity contribution in [1.29, 1.82) is 0 Å². The topological polar surface area (TPSA) is 38.3 Å². The van der Waals surface area contributed by atoms with Gasteiger partial charge < -0.3 is 0 Å². The van der Waals surface area contributed by atoms with E-state index in [1.165, 1.54) is 28.9 Å². The van der Waals surface area contributed by atoms with E-state index < -0.39 is 0 Å². The van der Waals surface area contributed by atoms with Gasteiger partial charge in [-0.25, -0.2) is 5.48 Å². The fourth-order valence-corrected chi connectivity index (χ4v) is 3.22. The van der Waals surface area contributed by atoms with Crippen molar-refractivity contribution in [2.75, 3.05) is 5.75 Å². The number of rotatable bonds is 6. The molecule has 1 aliphatic rings. The molecule has 0 heterocycles. The van der Waals surface area contributed by atoms with E-state index in [2.05, 4.69) is 37.5 Å². The predicted molar refractivity (Wildman–Crippen MR) is 82.7 cm³/mol. The average Bonchev–Trinajstić information content (AvgIpc) is 2.94. The normalized spacial score (nSPS) is 15.5. The molecule has 0 atom stereocenters. The van der Waals surface area contributed by atoms with E-state index in [0.717, 1.165) is 18.6 Å². The molecular formula is C16H23NO2S. The van der Waals surface area contributed by atoms with Crippen molar-refractivity contribution < 1.29 is 9.63 Å². The summed E-state index contributed by atoms with van der Waals surface area (Å²) >= 11 is 1.71. The Hall–Kier alpha value is -1.00. The maximum absolute atomic E-state index is 11.7. The lowest BCUT2D eigenvalue weighted by Crippen LogP contribution is -2.28. The Morgan fingerprint density at radius 3 is 2.75 bits per heavy atom. The van der Waals surface area contributed by atoms with Gasteiger partial charge in [0.25, 0.3) is 0 Å². The highest BCUT2D eigenvalue weighted by Gasteiger charge is 2.16. The molecule has 1 saturated carbocycles. The molecular weight excluding hydrogens is 270 g/mol. The zero-order chi connectivity index (χ0) is 14.4. The maximum Gasteiger partial charge on any atom is 0.244 e. The van der Waals surface area contributed by atoms with Gasteiger partial charge in [0, 0.05) is 17.1 Å². The molecule has 0 unspecified atom stereocenters. The Kier molecular flexibility index (Phi) is 5.92. The van der Waals surface area contributed by atoms with Crippen molar-refractivity contribution in [2.24, 2.45) is 0 Å². The molecule has 0 bridgehead atoms. The Balaban J connectivity index is 1.64. The quantitative estimate of drug-likeness (QED) is 0.641. The first-order chi connectivity index (χ1) is 9.65. The minimum atomic E-state index is -0.0202. The molecule has 1 aliphatic carbocycles. The fraction of sp³-hybridized carbons (Fsp3) is 0.562. The molecule has 4 heteroatoms. The average molecular weight is 293 g/mol. The van der Waals surface area contributed by atoms with Crippen LogP contribution in [0.1, 0.15) is 43.2 Å². The van der Waals surface area contributed by atoms with Crippen molar-refractivity contribution in [3.63, 3.8) is 0 Å². The van der Waals surface area contributed by atoms with Crippen LogP contribution < -0.4 is 5.48 Å². The van der Waals surface area contributed by atoms with Gasteiger partial charge in [-0.2, -0.15) is 0 Å². The maximum atomic E-state index is 11.7. The van der Waals surface area contributed by atoms with Gasteiger partial charge in [0.1, 0.15) is 0 Å². The molecule has 0 radical (unpaired) electrons. The summed E-state index contributed by atoms with van der Waals surface area (Å²) in [5.74, 6) is 0.760. The van der Waals surface area contributed by atoms with Gasteiger partial charge in [0.05, 0.1) is 6.10 Å². The van der Waals surface area contributed by atoms with Crippen LogP contribution in [-0.4, -0.2) is 17.8 Å². The van der Waals surface area contributed by atoms with Crippen molar-refractivity contribution in [1.82, 2.24) is 5.48 Å². The molecule has 2 rings (SSSR count). The third-order valence-corrected chi connectivity index (χ3v) is 4.71. The van der Waals surface area contributed by atoms with Gasteiger partial charge in [0.15, 0.2) is 0 Å². The van der Waals surface area contributed by atoms with Crippen LogP contribution in [0.5, 0.6) is 0 Å². The molecule has 0 saturated heterocycles. The van der Waals surface area contributed by atoms with E-state index in [4.69, 9.17) is 4.84 Å². The standard InChI is InChI=1S/C16H23NO2S/c1-12-7-8-15(11-13(12)2)20-10-9-16(18)17-19-14-5-3-4-6-14/h7-8,11,14H,3-6,9-10H2,1-2H3,(H,17,18). The molecule has 1 fully saturated rings. The lowest BCUT2D eigenvalue weighted by molar-refractivity contribution is -0.137. The smallest absolute Gasteiger partial charge is 0.244 e. The summed E-state index contributed by atoms with van der Waals surface area (Å²) in [6, 6.07) is 6.41. The minimum Gasteiger partial charge on any atom is -0.273 e. The summed E-state index contributed by atoms with van der Waals surface area (Å²) < 4.78 is 0. The monoisotopic (exact) mass is 293 g/mol. The van der Waals surface area contributed by atoms with Gasteiger partial charge in [-0.1, -0.05) is 18.9 Å². The Bertz CT molecular complexity index is 456. The largest absolute Gasteiger partial charge is 0.273 e. The molecule has 0 aliphatic heterocycles. The fourth-order valence-electron chi connectivity index (χ4n) is 2.27. The molecule has 20 heavy (non-hydrogen) atoms. The van der Waals surface area contributed by atoms with E-state index in [1.807, 2.05) is 0 Å². The van der Waals surface area contributed by atoms with E-state index in [9.17, 15) is 4.79 Å². The molecule has 110 valence electrons. The molecule has 1 N–H and O–H groups in total. The van der Waals surface area contributed by atoms with Crippen LogP contribution in [0.25, 0.3) is 0 Å². The van der Waals surface area contributed by atoms with Crippen LogP contribution in [0.4, 0.5) is 0 Å². The molecule has 1 amide bonds. The first-order valence-corrected chi connectivity index (χ1v) is 8.28. The molecule has 3 nitrogen and oxygen atoms in total. The van der Waals surface area contributed by atoms with E-state index in [1.54, 1.807) is 11.8 Å². The third kappa shape index (κ3) is 4.84. The SMILES string of the molecule is Cc1ccc(SCCC(=O)NOC2CCCC2)cc1C. The van der Waals surface area contributed by atoms with Crippen molar-refractivity contribution in [3.8, 4) is 0 Å². The van der Waals surface area contributed by atoms with Crippen LogP contribution in [-0.2, 0) is 9.63 Å². The number of nitrogens with one attached hydrogen (secondary N) is 1. The van der Waals surface area contributed by atoms with Gasteiger partial charge in [-0.05, 0) is 49.9 Å². The first-order valence-electron chi connectivity index (χ1n) is 7.29. The predicted octanol–water partition coefficient (Wildman–Crippen LogP) is 3.78. The summed E-state index contributed by atoms with van der Waals surface area (Å²) in [5, 5.41) is 0. The van der Waals surface area contributed by atoms with Gasteiger partial charge >= 0.3 is 0 Å². The summed E-state index contributed by atoms with van der Waals surface area (Å²) in [7, 11) is 0. The summed E-state index contributed by atoms with van der Waals surface area (Å²) in [4.78, 5) is 18.3. The second kappa shape index (κ2) is 7.70. The van der Waals surface area contributed by atoms with Crippen LogP contribution >= 0.6 is 11.8 Å². The number of benzene rings is 1. The zero-order valence-corrected chi connectivity index (χ0v) is 13.1. The van der Waals surface area contributed by atoms with Crippen LogP contribution in [0.3, 0.4) is 0 Å². The Morgan fingerprint density at radius 1 is 1.30 bits per heavy atom. The van der Waals surface area contributed by atoms with Crippen molar-refractivity contribution in [3.05, 3.63) is 29.3 Å². The Labute approximate surface area is 125 Å². The second-order valence-corrected chi connectivity index (χ2v) is 6.56. The molecule has 1 aromatic carbocycles. The number of hydrogen-bond donors (Lipinski definition) is 1. The van der Waals surface area contributed by atoms with Crippen LogP contribution in [0.15, 0.2) is 23.1 Å². The minimum absolute atomic E-state index is 0.0202. The van der Waals surface area contributed by atoms with Gasteiger partial charge in [0.2, 0.25) is 5.91 Å². The summed E-state index contributed by atoms with van der Waals surface area (Å²) in [6.07, 6.45) is 5.28. The van der Waals surface area contributed by atoms with Gasteiger partial charge in [-0.3, -0.25) is 9.63 Å². The number of carbonyl (C=O) groups is 1. The molecule has 0 spiro atoms. The van der Waals surface area contributed by atoms with Crippen LogP contribution in [0.2, 0.25) is 0 Å². The number of aryl methyl sites for hydroxylation is 2. The lowest BCUT2D eigenvalue weighted by atomic mass is 10.1. The van der Waals surface area contributed by atoms with E-state index in [0.29, 0.717) is 6.42 Å². The molecule has 1 aromatic rings. The highest BCUT2D eigenvalue weighted by Crippen LogP contribution is 2.22. The highest BCUT2D eigenvalue weighted by molar-refractivity contribution is 7.99. The summed E-state index contributed by atoms with van der Waals surface area (Å²) in [6.45, 7) is 4.22. The third-order valence-electron chi connectivity index (χ3n) is 3.72. The number of hydroxylamine groups is 1. The van der Waals surface area contributed by atoms with E-state index in [-0.39, 0.29) is 12.0 Å². The van der Waals surface area contributed by atoms with Gasteiger partial charge in [-0.15, -0.1) is 11.8 Å². The van der Waals surface area contributed by atoms with Crippen LogP contribution in [0, 0.1) is 13.8 Å². The molecule has 0 aromatic heterocycles. The Morgan fingerprint density at radius 2 is 2.05 bits per heavy atom. The zero-order valence-electron chi connectivity index (χ0n) is 12.3. The van der Waals surface area contributed by atoms with E-state index >= 15 is 0 Å². The highest BCUT2D eigenvalue weighted by atomic mass is 32.2.